The molecular formula is C12H13N3O3. The van der Waals surface area contributed by atoms with E-state index in [1.165, 1.54) is 12.5 Å². The van der Waals surface area contributed by atoms with Crippen LogP contribution in [0.3, 0.4) is 0 Å². The fourth-order valence-electron chi connectivity index (χ4n) is 1.86. The van der Waals surface area contributed by atoms with Crippen LogP contribution in [-0.4, -0.2) is 16.2 Å². The quantitative estimate of drug-likeness (QED) is 0.893. The molecule has 2 aromatic rings. The Morgan fingerprint density at radius 3 is 2.94 bits per heavy atom. The summed E-state index contributed by atoms with van der Waals surface area (Å²) in [4.78, 5) is 12.1. The summed E-state index contributed by atoms with van der Waals surface area (Å²) in [5.41, 5.74) is 1.97. The first kappa shape index (κ1) is 11.0. The predicted molar refractivity (Wildman–Crippen MR) is 60.9 cm³/mol. The van der Waals surface area contributed by atoms with Crippen molar-refractivity contribution in [2.24, 2.45) is 0 Å². The summed E-state index contributed by atoms with van der Waals surface area (Å²) in [6, 6.07) is 1.51. The predicted octanol–water partition coefficient (Wildman–Crippen LogP) is 2.03. The van der Waals surface area contributed by atoms with E-state index in [1.807, 2.05) is 6.92 Å². The highest BCUT2D eigenvalue weighted by Crippen LogP contribution is 2.40. The van der Waals surface area contributed by atoms with E-state index in [9.17, 15) is 4.79 Å². The summed E-state index contributed by atoms with van der Waals surface area (Å²) in [5.74, 6) is 0.195. The number of amides is 1. The molecule has 0 saturated heterocycles. The van der Waals surface area contributed by atoms with Crippen LogP contribution >= 0.6 is 0 Å². The Hall–Kier alpha value is -2.11. The summed E-state index contributed by atoms with van der Waals surface area (Å²) in [5, 5.41) is 10.5. The summed E-state index contributed by atoms with van der Waals surface area (Å²) in [6.45, 7) is 1.85. The van der Waals surface area contributed by atoms with Gasteiger partial charge in [-0.2, -0.15) is 0 Å². The SMILES string of the molecule is CC(NC(=O)c1conc1C1CC1)c1ccon1. The molecule has 0 aliphatic heterocycles. The second kappa shape index (κ2) is 4.29. The van der Waals surface area contributed by atoms with Crippen molar-refractivity contribution in [2.45, 2.75) is 31.7 Å². The van der Waals surface area contributed by atoms with Gasteiger partial charge in [-0.3, -0.25) is 4.79 Å². The zero-order valence-electron chi connectivity index (χ0n) is 9.92. The summed E-state index contributed by atoms with van der Waals surface area (Å²) in [7, 11) is 0. The van der Waals surface area contributed by atoms with E-state index < -0.39 is 0 Å². The number of hydrogen-bond donors (Lipinski definition) is 1. The maximum Gasteiger partial charge on any atom is 0.257 e. The summed E-state index contributed by atoms with van der Waals surface area (Å²) < 4.78 is 9.64. The molecule has 0 aromatic carbocycles. The van der Waals surface area contributed by atoms with E-state index in [4.69, 9.17) is 9.05 Å². The van der Waals surface area contributed by atoms with Crippen LogP contribution in [0, 0.1) is 0 Å². The van der Waals surface area contributed by atoms with Crippen molar-refractivity contribution >= 4 is 5.91 Å². The minimum absolute atomic E-state index is 0.186. The van der Waals surface area contributed by atoms with Crippen LogP contribution in [0.1, 0.15) is 53.5 Å². The molecule has 1 saturated carbocycles. The fraction of sp³-hybridized carbons (Fsp3) is 0.417. The van der Waals surface area contributed by atoms with Gasteiger partial charge in [0.15, 0.2) is 0 Å². The van der Waals surface area contributed by atoms with Crippen molar-refractivity contribution in [3.05, 3.63) is 35.5 Å². The van der Waals surface area contributed by atoms with Gasteiger partial charge in [0.05, 0.1) is 11.7 Å². The third kappa shape index (κ3) is 2.01. The number of hydrogen-bond acceptors (Lipinski definition) is 5. The highest BCUT2D eigenvalue weighted by atomic mass is 16.5. The zero-order chi connectivity index (χ0) is 12.5. The molecule has 1 N–H and O–H groups in total. The molecule has 1 aliphatic rings. The molecule has 1 unspecified atom stereocenters. The molecule has 6 heteroatoms. The van der Waals surface area contributed by atoms with Gasteiger partial charge in [-0.25, -0.2) is 0 Å². The minimum Gasteiger partial charge on any atom is -0.364 e. The summed E-state index contributed by atoms with van der Waals surface area (Å²) >= 11 is 0. The van der Waals surface area contributed by atoms with Gasteiger partial charge in [-0.05, 0) is 19.8 Å². The number of carbonyl (C=O) groups excluding carboxylic acids is 1. The smallest absolute Gasteiger partial charge is 0.257 e. The van der Waals surface area contributed by atoms with E-state index in [0.717, 1.165) is 18.5 Å². The molecule has 6 nitrogen and oxygen atoms in total. The van der Waals surface area contributed by atoms with Gasteiger partial charge >= 0.3 is 0 Å². The lowest BCUT2D eigenvalue weighted by molar-refractivity contribution is 0.0937. The van der Waals surface area contributed by atoms with Gasteiger partial charge < -0.3 is 14.4 Å². The first-order chi connectivity index (χ1) is 8.75. The maximum absolute atomic E-state index is 12.1. The molecule has 1 aliphatic carbocycles. The summed E-state index contributed by atoms with van der Waals surface area (Å²) in [6.07, 6.45) is 5.03. The highest BCUT2D eigenvalue weighted by molar-refractivity contribution is 5.95. The molecule has 0 radical (unpaired) electrons. The normalized spacial score (nSPS) is 16.5. The Morgan fingerprint density at radius 1 is 1.44 bits per heavy atom. The van der Waals surface area contributed by atoms with Crippen molar-refractivity contribution < 1.29 is 13.8 Å². The minimum atomic E-state index is -0.210. The topological polar surface area (TPSA) is 81.2 Å². The van der Waals surface area contributed by atoms with E-state index in [0.29, 0.717) is 17.2 Å². The Balaban J connectivity index is 1.72. The number of aromatic nitrogens is 2. The van der Waals surface area contributed by atoms with Crippen LogP contribution < -0.4 is 5.32 Å². The molecule has 2 aromatic heterocycles. The van der Waals surface area contributed by atoms with Crippen LogP contribution in [-0.2, 0) is 0 Å². The van der Waals surface area contributed by atoms with Gasteiger partial charge in [-0.15, -0.1) is 0 Å². The first-order valence-corrected chi connectivity index (χ1v) is 5.91. The monoisotopic (exact) mass is 247 g/mol. The van der Waals surface area contributed by atoms with Gasteiger partial charge in [0.1, 0.15) is 23.8 Å². The van der Waals surface area contributed by atoms with Gasteiger partial charge in [0.2, 0.25) is 0 Å². The lowest BCUT2D eigenvalue weighted by Crippen LogP contribution is -2.27. The van der Waals surface area contributed by atoms with Crippen molar-refractivity contribution in [1.82, 2.24) is 15.6 Å². The average molecular weight is 247 g/mol. The lowest BCUT2D eigenvalue weighted by atomic mass is 10.1. The largest absolute Gasteiger partial charge is 0.364 e. The standard InChI is InChI=1S/C12H13N3O3/c1-7(10-4-5-17-14-10)13-12(16)9-6-18-15-11(9)8-2-3-8/h4-8H,2-3H2,1H3,(H,13,16). The molecule has 94 valence electrons. The van der Waals surface area contributed by atoms with Gasteiger partial charge in [0.25, 0.3) is 5.91 Å². The van der Waals surface area contributed by atoms with E-state index in [2.05, 4.69) is 15.6 Å². The van der Waals surface area contributed by atoms with E-state index in [-0.39, 0.29) is 11.9 Å². The molecule has 2 heterocycles. The number of carbonyl (C=O) groups is 1. The number of nitrogens with one attached hydrogen (secondary N) is 1. The Labute approximate surface area is 103 Å². The van der Waals surface area contributed by atoms with Crippen molar-refractivity contribution in [3.8, 4) is 0 Å². The van der Waals surface area contributed by atoms with E-state index in [1.54, 1.807) is 6.07 Å². The third-order valence-corrected chi connectivity index (χ3v) is 3.06. The molecule has 18 heavy (non-hydrogen) atoms. The van der Waals surface area contributed by atoms with Crippen LogP contribution in [0.15, 0.2) is 27.6 Å². The molecule has 0 bridgehead atoms. The molecule has 3 rings (SSSR count). The number of nitrogens with zero attached hydrogens (tertiary/aromatic N) is 2. The zero-order valence-corrected chi connectivity index (χ0v) is 9.92. The third-order valence-electron chi connectivity index (χ3n) is 3.06. The molecule has 0 spiro atoms. The maximum atomic E-state index is 12.1. The second-order valence-corrected chi connectivity index (χ2v) is 4.51. The van der Waals surface area contributed by atoms with E-state index >= 15 is 0 Å². The van der Waals surface area contributed by atoms with Gasteiger partial charge in [-0.1, -0.05) is 10.3 Å². The Kier molecular flexibility index (Phi) is 2.62. The molecule has 1 amide bonds. The Morgan fingerprint density at radius 2 is 2.28 bits per heavy atom. The second-order valence-electron chi connectivity index (χ2n) is 4.51. The van der Waals surface area contributed by atoms with Crippen LogP contribution in [0.25, 0.3) is 0 Å². The van der Waals surface area contributed by atoms with Crippen LogP contribution in [0.5, 0.6) is 0 Å². The van der Waals surface area contributed by atoms with Crippen molar-refractivity contribution in [2.75, 3.05) is 0 Å². The first-order valence-electron chi connectivity index (χ1n) is 5.91. The lowest BCUT2D eigenvalue weighted by Gasteiger charge is -2.10. The van der Waals surface area contributed by atoms with Crippen LogP contribution in [0.4, 0.5) is 0 Å². The molecular weight excluding hydrogens is 234 g/mol. The highest BCUT2D eigenvalue weighted by Gasteiger charge is 2.32. The number of rotatable bonds is 4. The average Bonchev–Trinajstić information content (AvgIpc) is 2.90. The van der Waals surface area contributed by atoms with Crippen molar-refractivity contribution in [1.29, 1.82) is 0 Å². The van der Waals surface area contributed by atoms with Crippen molar-refractivity contribution in [3.63, 3.8) is 0 Å². The molecule has 1 fully saturated rings. The Bertz CT molecular complexity index is 543. The van der Waals surface area contributed by atoms with Crippen LogP contribution in [0.2, 0.25) is 0 Å². The van der Waals surface area contributed by atoms with Gasteiger partial charge in [0, 0.05) is 12.0 Å². The molecule has 1 atom stereocenters. The fourth-order valence-corrected chi connectivity index (χ4v) is 1.86.